The van der Waals surface area contributed by atoms with E-state index in [1.165, 1.54) is 37.0 Å². The summed E-state index contributed by atoms with van der Waals surface area (Å²) in [5.41, 5.74) is 5.97. The van der Waals surface area contributed by atoms with Crippen molar-refractivity contribution in [1.82, 2.24) is 0 Å². The van der Waals surface area contributed by atoms with Crippen molar-refractivity contribution < 1.29 is 14.7 Å². The molecule has 0 aromatic carbocycles. The molecule has 0 aromatic rings. The summed E-state index contributed by atoms with van der Waals surface area (Å²) in [7, 11) is 0. The van der Waals surface area contributed by atoms with Crippen molar-refractivity contribution in [2.24, 2.45) is 0 Å². The zero-order valence-corrected chi connectivity index (χ0v) is 10.9. The molecule has 0 bridgehead atoms. The van der Waals surface area contributed by atoms with Crippen LogP contribution in [0.15, 0.2) is 43.5 Å². The average Bonchev–Trinajstić information content (AvgIpc) is 2.68. The fourth-order valence-corrected chi connectivity index (χ4v) is 3.42. The molecule has 0 saturated heterocycles. The third kappa shape index (κ3) is 2.04. The predicted molar refractivity (Wildman–Crippen MR) is 62.1 cm³/mol. The number of allylic oxidation sites excluding steroid dienone is 8. The average molecular weight is 245 g/mol. The fourth-order valence-electron chi connectivity index (χ4n) is 1.81. The van der Waals surface area contributed by atoms with Crippen LogP contribution in [0.5, 0.6) is 0 Å². The Balaban J connectivity index is 2.14. The van der Waals surface area contributed by atoms with Crippen molar-refractivity contribution in [3.63, 3.8) is 0 Å². The van der Waals surface area contributed by atoms with Gasteiger partial charge in [-0.3, -0.25) is 0 Å². The van der Waals surface area contributed by atoms with Gasteiger partial charge in [-0.1, -0.05) is 0 Å². The van der Waals surface area contributed by atoms with E-state index >= 15 is 0 Å². The van der Waals surface area contributed by atoms with Crippen LogP contribution in [0.25, 0.3) is 0 Å². The zero-order valence-electron chi connectivity index (χ0n) is 9.90. The molecule has 1 heteroatoms. The molecule has 2 aliphatic rings. The zero-order chi connectivity index (χ0) is 11.0. The summed E-state index contributed by atoms with van der Waals surface area (Å²) >= 11 is 1.49. The van der Waals surface area contributed by atoms with Gasteiger partial charge >= 0.3 is 98.7 Å². The van der Waals surface area contributed by atoms with E-state index in [0.717, 1.165) is 12.8 Å². The van der Waals surface area contributed by atoms with Gasteiger partial charge < -0.3 is 0 Å². The van der Waals surface area contributed by atoms with E-state index in [0.29, 0.717) is 0 Å². The first-order valence-electron chi connectivity index (χ1n) is 5.43. The first-order chi connectivity index (χ1) is 7.09. The summed E-state index contributed by atoms with van der Waals surface area (Å²) < 4.78 is 3.20. The first kappa shape index (κ1) is 11.0. The van der Waals surface area contributed by atoms with Gasteiger partial charge in [-0.25, -0.2) is 0 Å². The minimum atomic E-state index is 1.16. The Hall–Kier alpha value is -0.534. The van der Waals surface area contributed by atoms with Crippen molar-refractivity contribution in [3.8, 4) is 0 Å². The molecule has 0 nitrogen and oxygen atoms in total. The van der Waals surface area contributed by atoms with Gasteiger partial charge in [-0.15, -0.1) is 0 Å². The van der Waals surface area contributed by atoms with Crippen LogP contribution in [0.2, 0.25) is 0 Å². The monoisotopic (exact) mass is 245 g/mol. The molecule has 0 N–H and O–H groups in total. The SMILES string of the molecule is CC1=CC[C]([Co][C]2=C(C)C(C)=CC2)=C1C. The molecule has 0 heterocycles. The van der Waals surface area contributed by atoms with Crippen LogP contribution < -0.4 is 0 Å². The molecule has 0 radical (unpaired) electrons. The van der Waals surface area contributed by atoms with E-state index in [2.05, 4.69) is 39.8 Å². The van der Waals surface area contributed by atoms with Crippen molar-refractivity contribution in [1.29, 1.82) is 0 Å². The van der Waals surface area contributed by atoms with Gasteiger partial charge in [-0.05, 0) is 0 Å². The Morgan fingerprint density at radius 2 is 1.20 bits per heavy atom. The van der Waals surface area contributed by atoms with E-state index in [1.54, 1.807) is 9.02 Å². The quantitative estimate of drug-likeness (QED) is 0.679. The molecule has 0 fully saturated rings. The van der Waals surface area contributed by atoms with E-state index in [4.69, 9.17) is 0 Å². The molecule has 15 heavy (non-hydrogen) atoms. The van der Waals surface area contributed by atoms with Crippen LogP contribution in [0.3, 0.4) is 0 Å². The normalized spacial score (nSPS) is 21.6. The van der Waals surface area contributed by atoms with Gasteiger partial charge in [0.25, 0.3) is 0 Å². The molecular weight excluding hydrogens is 227 g/mol. The van der Waals surface area contributed by atoms with Crippen molar-refractivity contribution >= 4 is 0 Å². The molecule has 0 saturated carbocycles. The summed E-state index contributed by atoms with van der Waals surface area (Å²) in [6.45, 7) is 8.95. The van der Waals surface area contributed by atoms with Crippen molar-refractivity contribution in [2.45, 2.75) is 40.5 Å². The molecule has 0 unspecified atom stereocenters. The first-order valence-corrected chi connectivity index (χ1v) is 6.48. The van der Waals surface area contributed by atoms with Gasteiger partial charge in [-0.2, -0.15) is 0 Å². The summed E-state index contributed by atoms with van der Waals surface area (Å²) in [5, 5.41) is 0. The standard InChI is InChI=1S/2C7H9.Co/c2*1-6-4-3-5-7(6)2;/h2*4H,3H2,1-2H3;. The Labute approximate surface area is 98.8 Å². The van der Waals surface area contributed by atoms with Crippen LogP contribution in [-0.4, -0.2) is 0 Å². The maximum absolute atomic E-state index is 2.35. The van der Waals surface area contributed by atoms with Crippen LogP contribution in [0.1, 0.15) is 40.5 Å². The molecule has 0 aliphatic heterocycles. The predicted octanol–water partition coefficient (Wildman–Crippen LogP) is 4.32. The Kier molecular flexibility index (Phi) is 3.03. The molecule has 0 spiro atoms. The van der Waals surface area contributed by atoms with Crippen LogP contribution in [-0.2, 0) is 14.7 Å². The number of hydrogen-bond acceptors (Lipinski definition) is 0. The number of rotatable bonds is 2. The van der Waals surface area contributed by atoms with E-state index in [1.807, 2.05) is 0 Å². The van der Waals surface area contributed by atoms with Crippen molar-refractivity contribution in [3.05, 3.63) is 43.5 Å². The van der Waals surface area contributed by atoms with Crippen molar-refractivity contribution in [2.75, 3.05) is 0 Å². The molecule has 2 aliphatic carbocycles. The van der Waals surface area contributed by atoms with Gasteiger partial charge in [0.05, 0.1) is 0 Å². The Morgan fingerprint density at radius 1 is 0.800 bits per heavy atom. The topological polar surface area (TPSA) is 0 Å². The molecule has 2 rings (SSSR count). The van der Waals surface area contributed by atoms with Gasteiger partial charge in [0.1, 0.15) is 0 Å². The Morgan fingerprint density at radius 3 is 1.47 bits per heavy atom. The Bertz CT molecular complexity index is 377. The molecule has 0 atom stereocenters. The second-order valence-corrected chi connectivity index (χ2v) is 5.79. The second-order valence-electron chi connectivity index (χ2n) is 4.27. The number of hydrogen-bond donors (Lipinski definition) is 0. The minimum absolute atomic E-state index is 1.16. The molecule has 0 aromatic heterocycles. The second kappa shape index (κ2) is 4.15. The van der Waals surface area contributed by atoms with E-state index < -0.39 is 0 Å². The van der Waals surface area contributed by atoms with Crippen LogP contribution in [0, 0.1) is 0 Å². The fraction of sp³-hybridized carbons (Fsp3) is 0.429. The van der Waals surface area contributed by atoms with E-state index in [-0.39, 0.29) is 0 Å². The molecule has 83 valence electrons. The van der Waals surface area contributed by atoms with E-state index in [9.17, 15) is 0 Å². The molecule has 0 amide bonds. The van der Waals surface area contributed by atoms with Gasteiger partial charge in [0.15, 0.2) is 0 Å². The summed E-state index contributed by atoms with van der Waals surface area (Å²) in [6.07, 6.45) is 7.02. The third-order valence-electron chi connectivity index (χ3n) is 3.32. The molecular formula is C14H18Co. The summed E-state index contributed by atoms with van der Waals surface area (Å²) in [6, 6.07) is 0. The van der Waals surface area contributed by atoms with Crippen LogP contribution in [0.4, 0.5) is 0 Å². The summed E-state index contributed by atoms with van der Waals surface area (Å²) in [5.74, 6) is 0. The summed E-state index contributed by atoms with van der Waals surface area (Å²) in [4.78, 5) is 0. The van der Waals surface area contributed by atoms with Crippen LogP contribution >= 0.6 is 0 Å². The third-order valence-corrected chi connectivity index (χ3v) is 5.16. The van der Waals surface area contributed by atoms with Gasteiger partial charge in [0.2, 0.25) is 0 Å². The van der Waals surface area contributed by atoms with Gasteiger partial charge in [0, 0.05) is 0 Å². The maximum atomic E-state index is 2.35.